The molecule has 142 valence electrons. The number of methoxy groups -OCH3 is 1. The van der Waals surface area contributed by atoms with Gasteiger partial charge in [0.15, 0.2) is 0 Å². The van der Waals surface area contributed by atoms with E-state index >= 15 is 0 Å². The zero-order chi connectivity index (χ0) is 17.4. The van der Waals surface area contributed by atoms with Gasteiger partial charge in [0, 0.05) is 38.3 Å². The van der Waals surface area contributed by atoms with Crippen molar-refractivity contribution in [2.24, 2.45) is 0 Å². The van der Waals surface area contributed by atoms with E-state index in [2.05, 4.69) is 5.32 Å². The Morgan fingerprint density at radius 2 is 2.20 bits per heavy atom. The Kier molecular flexibility index (Phi) is 9.55. The normalized spacial score (nSPS) is 16.9. The molecule has 1 saturated heterocycles. The number of hydrogen-bond acceptors (Lipinski definition) is 5. The zero-order valence-corrected chi connectivity index (χ0v) is 15.4. The zero-order valence-electron chi connectivity index (χ0n) is 14.6. The Balaban J connectivity index is 0.00000312. The van der Waals surface area contributed by atoms with Gasteiger partial charge in [-0.2, -0.15) is 0 Å². The van der Waals surface area contributed by atoms with Crippen molar-refractivity contribution in [3.05, 3.63) is 29.6 Å². The lowest BCUT2D eigenvalue weighted by Crippen LogP contribution is -2.53. The highest BCUT2D eigenvalue weighted by Crippen LogP contribution is 2.19. The van der Waals surface area contributed by atoms with Gasteiger partial charge >= 0.3 is 6.09 Å². The van der Waals surface area contributed by atoms with E-state index in [4.69, 9.17) is 14.2 Å². The van der Waals surface area contributed by atoms with Crippen LogP contribution in [0.4, 0.5) is 9.18 Å². The van der Waals surface area contributed by atoms with Crippen molar-refractivity contribution in [1.82, 2.24) is 10.2 Å². The molecule has 1 amide bonds. The van der Waals surface area contributed by atoms with Crippen LogP contribution in [0.1, 0.15) is 18.9 Å². The monoisotopic (exact) mass is 376 g/mol. The van der Waals surface area contributed by atoms with E-state index in [9.17, 15) is 9.18 Å². The van der Waals surface area contributed by atoms with Gasteiger partial charge in [-0.1, -0.05) is 6.92 Å². The summed E-state index contributed by atoms with van der Waals surface area (Å²) >= 11 is 0. The van der Waals surface area contributed by atoms with Crippen molar-refractivity contribution < 1.29 is 23.4 Å². The Morgan fingerprint density at radius 1 is 1.40 bits per heavy atom. The molecule has 0 aliphatic carbocycles. The second kappa shape index (κ2) is 11.1. The lowest BCUT2D eigenvalue weighted by molar-refractivity contribution is 0.0705. The van der Waals surface area contributed by atoms with Crippen LogP contribution in [-0.2, 0) is 16.1 Å². The molecule has 8 heteroatoms. The molecule has 1 N–H and O–H groups in total. The molecular formula is C17H26ClFN2O4. The van der Waals surface area contributed by atoms with Crippen molar-refractivity contribution in [2.45, 2.75) is 26.0 Å². The van der Waals surface area contributed by atoms with E-state index < -0.39 is 11.9 Å². The minimum atomic E-state index is -0.422. The highest BCUT2D eigenvalue weighted by molar-refractivity contribution is 5.85. The maximum atomic E-state index is 13.9. The fraction of sp³-hybridized carbons (Fsp3) is 0.588. The predicted octanol–water partition coefficient (Wildman–Crippen LogP) is 2.59. The van der Waals surface area contributed by atoms with Gasteiger partial charge in [0.05, 0.1) is 6.61 Å². The molecule has 6 nitrogen and oxygen atoms in total. The average molecular weight is 377 g/mol. The Labute approximate surface area is 154 Å². The summed E-state index contributed by atoms with van der Waals surface area (Å²) < 4.78 is 29.6. The molecule has 1 aromatic carbocycles. The second-order valence-corrected chi connectivity index (χ2v) is 5.61. The van der Waals surface area contributed by atoms with Crippen molar-refractivity contribution in [1.29, 1.82) is 0 Å². The fourth-order valence-electron chi connectivity index (χ4n) is 2.58. The van der Waals surface area contributed by atoms with Crippen LogP contribution >= 0.6 is 12.4 Å². The summed E-state index contributed by atoms with van der Waals surface area (Å²) in [6.45, 7) is 4.82. The summed E-state index contributed by atoms with van der Waals surface area (Å²) in [5.74, 6) is 0.0994. The van der Waals surface area contributed by atoms with Crippen LogP contribution in [-0.4, -0.2) is 57.0 Å². The van der Waals surface area contributed by atoms with E-state index in [1.807, 2.05) is 6.92 Å². The lowest BCUT2D eigenvalue weighted by atomic mass is 10.1. The molecule has 1 atom stereocenters. The van der Waals surface area contributed by atoms with Crippen LogP contribution < -0.4 is 10.1 Å². The van der Waals surface area contributed by atoms with Crippen LogP contribution in [0.5, 0.6) is 5.75 Å². The molecule has 1 aliphatic heterocycles. The molecule has 25 heavy (non-hydrogen) atoms. The topological polar surface area (TPSA) is 60.0 Å². The third-order valence-electron chi connectivity index (χ3n) is 3.98. The largest absolute Gasteiger partial charge is 0.491 e. The maximum absolute atomic E-state index is 13.9. The minimum Gasteiger partial charge on any atom is -0.491 e. The standard InChI is InChI=1S/C17H25FN2O4.ClH/c1-3-14-11-19-6-7-20(14)17(21)24-12-13-10-15(4-5-16(13)18)23-9-8-22-2;/h4-5,10,14,19H,3,6-9,11-12H2,1-2H3;1H. The molecule has 1 aliphatic rings. The number of halogens is 2. The Hall–Kier alpha value is -1.57. The number of hydrogen-bond donors (Lipinski definition) is 1. The molecule has 1 aromatic rings. The molecular weight excluding hydrogens is 351 g/mol. The number of rotatable bonds is 7. The SMILES string of the molecule is CCC1CNCCN1C(=O)OCc1cc(OCCOC)ccc1F.Cl. The molecule has 0 radical (unpaired) electrons. The third-order valence-corrected chi connectivity index (χ3v) is 3.98. The number of nitrogens with zero attached hydrogens (tertiary/aromatic N) is 1. The molecule has 1 fully saturated rings. The van der Waals surface area contributed by atoms with Crippen LogP contribution in [0.25, 0.3) is 0 Å². The summed E-state index contributed by atoms with van der Waals surface area (Å²) in [5.41, 5.74) is 0.293. The number of amides is 1. The van der Waals surface area contributed by atoms with Gasteiger partial charge in [0.25, 0.3) is 0 Å². The van der Waals surface area contributed by atoms with Crippen LogP contribution in [0, 0.1) is 5.82 Å². The quantitative estimate of drug-likeness (QED) is 0.741. The smallest absolute Gasteiger partial charge is 0.410 e. The third kappa shape index (κ3) is 6.34. The van der Waals surface area contributed by atoms with Crippen LogP contribution in [0.2, 0.25) is 0 Å². The number of nitrogens with one attached hydrogen (secondary N) is 1. The summed E-state index contributed by atoms with van der Waals surface area (Å²) in [4.78, 5) is 14.0. The minimum absolute atomic E-state index is 0. The van der Waals surface area contributed by atoms with Crippen molar-refractivity contribution in [3.8, 4) is 5.75 Å². The number of ether oxygens (including phenoxy) is 3. The van der Waals surface area contributed by atoms with Gasteiger partial charge in [0.1, 0.15) is 24.8 Å². The van der Waals surface area contributed by atoms with E-state index in [1.165, 1.54) is 6.07 Å². The maximum Gasteiger partial charge on any atom is 0.410 e. The first-order valence-electron chi connectivity index (χ1n) is 8.20. The molecule has 0 aromatic heterocycles. The molecule has 0 spiro atoms. The van der Waals surface area contributed by atoms with E-state index in [0.29, 0.717) is 31.1 Å². The highest BCUT2D eigenvalue weighted by atomic mass is 35.5. The second-order valence-electron chi connectivity index (χ2n) is 5.61. The molecule has 2 rings (SSSR count). The first-order valence-corrected chi connectivity index (χ1v) is 8.20. The van der Waals surface area contributed by atoms with Gasteiger partial charge < -0.3 is 24.4 Å². The molecule has 0 bridgehead atoms. The van der Waals surface area contributed by atoms with Crippen molar-refractivity contribution in [3.63, 3.8) is 0 Å². The van der Waals surface area contributed by atoms with E-state index in [-0.39, 0.29) is 25.1 Å². The van der Waals surface area contributed by atoms with Gasteiger partial charge in [-0.25, -0.2) is 9.18 Å². The number of carbonyl (C=O) groups is 1. The molecule has 1 heterocycles. The molecule has 0 saturated carbocycles. The van der Waals surface area contributed by atoms with Crippen LogP contribution in [0.15, 0.2) is 18.2 Å². The summed E-state index contributed by atoms with van der Waals surface area (Å²) in [5, 5.41) is 3.25. The van der Waals surface area contributed by atoms with Crippen LogP contribution in [0.3, 0.4) is 0 Å². The van der Waals surface area contributed by atoms with Gasteiger partial charge in [-0.15, -0.1) is 12.4 Å². The van der Waals surface area contributed by atoms with Crippen molar-refractivity contribution in [2.75, 3.05) is 40.0 Å². The summed E-state index contributed by atoms with van der Waals surface area (Å²) in [6.07, 6.45) is 0.438. The summed E-state index contributed by atoms with van der Waals surface area (Å²) in [7, 11) is 1.58. The van der Waals surface area contributed by atoms with E-state index in [0.717, 1.165) is 19.5 Å². The van der Waals surface area contributed by atoms with Gasteiger partial charge in [-0.3, -0.25) is 0 Å². The number of benzene rings is 1. The fourth-order valence-corrected chi connectivity index (χ4v) is 2.58. The van der Waals surface area contributed by atoms with Crippen molar-refractivity contribution >= 4 is 18.5 Å². The predicted molar refractivity (Wildman–Crippen MR) is 94.9 cm³/mol. The summed E-state index contributed by atoms with van der Waals surface area (Å²) in [6, 6.07) is 4.51. The van der Waals surface area contributed by atoms with E-state index in [1.54, 1.807) is 24.1 Å². The Bertz CT molecular complexity index is 547. The lowest BCUT2D eigenvalue weighted by Gasteiger charge is -2.34. The van der Waals surface area contributed by atoms with Gasteiger partial charge in [-0.05, 0) is 24.6 Å². The van der Waals surface area contributed by atoms with Gasteiger partial charge in [0.2, 0.25) is 0 Å². The number of piperazine rings is 1. The highest BCUT2D eigenvalue weighted by Gasteiger charge is 2.26. The first-order chi connectivity index (χ1) is 11.7. The molecule has 1 unspecified atom stereocenters. The number of carbonyl (C=O) groups excluding carboxylic acids is 1. The average Bonchev–Trinajstić information content (AvgIpc) is 2.61. The Morgan fingerprint density at radius 3 is 2.92 bits per heavy atom. The first kappa shape index (κ1) is 21.5.